The molecule has 1 heterocycles. The largest absolute Gasteiger partial charge is 0.480 e. The van der Waals surface area contributed by atoms with Crippen molar-refractivity contribution >= 4 is 50.5 Å². The van der Waals surface area contributed by atoms with Gasteiger partial charge in [-0.2, -0.15) is 0 Å². The van der Waals surface area contributed by atoms with E-state index in [0.717, 1.165) is 16.2 Å². The van der Waals surface area contributed by atoms with Gasteiger partial charge in [0.05, 0.1) is 5.25 Å². The van der Waals surface area contributed by atoms with Crippen LogP contribution in [0.25, 0.3) is 0 Å². The van der Waals surface area contributed by atoms with Crippen LogP contribution in [0.3, 0.4) is 0 Å². The second-order valence-corrected chi connectivity index (χ2v) is 8.05. The van der Waals surface area contributed by atoms with Crippen LogP contribution in [0.5, 0.6) is 0 Å². The van der Waals surface area contributed by atoms with Crippen LogP contribution in [-0.2, 0) is 14.4 Å². The number of hydrogen-bond acceptors (Lipinski definition) is 5. The SMILES string of the molecule is CC(=O)SC(CC(=O)N1CCC[C@H]1C(=O)O)C(=O)c1ccc(Br)cc1. The molecule has 6 nitrogen and oxygen atoms in total. The number of carbonyl (C=O) groups is 4. The fourth-order valence-corrected chi connectivity index (χ4v) is 3.92. The maximum Gasteiger partial charge on any atom is 0.326 e. The molecule has 1 aliphatic rings. The van der Waals surface area contributed by atoms with Gasteiger partial charge < -0.3 is 10.0 Å². The lowest BCUT2D eigenvalue weighted by molar-refractivity contribution is -0.148. The second-order valence-electron chi connectivity index (χ2n) is 5.76. The van der Waals surface area contributed by atoms with Crippen molar-refractivity contribution in [1.29, 1.82) is 0 Å². The number of thioether (sulfide) groups is 1. The van der Waals surface area contributed by atoms with Crippen LogP contribution in [0.2, 0.25) is 0 Å². The zero-order valence-corrected chi connectivity index (χ0v) is 16.0. The van der Waals surface area contributed by atoms with Crippen molar-refractivity contribution in [1.82, 2.24) is 4.90 Å². The van der Waals surface area contributed by atoms with Gasteiger partial charge in [-0.05, 0) is 25.0 Å². The summed E-state index contributed by atoms with van der Waals surface area (Å²) in [4.78, 5) is 49.2. The number of carboxylic acid groups (broad SMARTS) is 1. The number of halogens is 1. The van der Waals surface area contributed by atoms with E-state index in [1.807, 2.05) is 0 Å². The third-order valence-electron chi connectivity index (χ3n) is 3.95. The molecule has 0 spiro atoms. The van der Waals surface area contributed by atoms with Gasteiger partial charge in [0.15, 0.2) is 10.9 Å². The molecule has 1 aliphatic heterocycles. The summed E-state index contributed by atoms with van der Waals surface area (Å²) in [5.41, 5.74) is 0.408. The summed E-state index contributed by atoms with van der Waals surface area (Å²) in [5.74, 6) is -1.76. The van der Waals surface area contributed by atoms with E-state index in [4.69, 9.17) is 0 Å². The second kappa shape index (κ2) is 8.62. The molecule has 2 atom stereocenters. The molecule has 1 unspecified atom stereocenters. The zero-order valence-electron chi connectivity index (χ0n) is 13.6. The molecule has 1 saturated heterocycles. The monoisotopic (exact) mass is 427 g/mol. The van der Waals surface area contributed by atoms with Gasteiger partial charge in [-0.3, -0.25) is 14.4 Å². The van der Waals surface area contributed by atoms with Crippen LogP contribution in [0, 0.1) is 0 Å². The van der Waals surface area contributed by atoms with Crippen molar-refractivity contribution in [2.45, 2.75) is 37.5 Å². The Hall–Kier alpha value is -1.67. The standard InChI is InChI=1S/C17H18BrNO5S/c1-10(20)25-14(16(22)11-4-6-12(18)7-5-11)9-15(21)19-8-2-3-13(19)17(23)24/h4-7,13-14H,2-3,8-9H2,1H3,(H,23,24)/t13-,14?/m0/s1. The highest BCUT2D eigenvalue weighted by molar-refractivity contribution is 9.10. The van der Waals surface area contributed by atoms with Gasteiger partial charge in [-0.25, -0.2) is 4.79 Å². The Morgan fingerprint density at radius 3 is 2.48 bits per heavy atom. The molecular formula is C17H18BrNO5S. The third-order valence-corrected chi connectivity index (χ3v) is 5.47. The molecular weight excluding hydrogens is 410 g/mol. The lowest BCUT2D eigenvalue weighted by Crippen LogP contribution is -2.42. The van der Waals surface area contributed by atoms with Crippen molar-refractivity contribution in [3.05, 3.63) is 34.3 Å². The van der Waals surface area contributed by atoms with Crippen molar-refractivity contribution in [2.75, 3.05) is 6.54 Å². The lowest BCUT2D eigenvalue weighted by atomic mass is 10.1. The van der Waals surface area contributed by atoms with E-state index in [-0.39, 0.29) is 17.3 Å². The molecule has 1 amide bonds. The predicted molar refractivity (Wildman–Crippen MR) is 97.5 cm³/mol. The number of ketones is 1. The Balaban J connectivity index is 2.15. The van der Waals surface area contributed by atoms with Crippen LogP contribution in [0.15, 0.2) is 28.7 Å². The first-order chi connectivity index (χ1) is 11.8. The number of Topliss-reactive ketones (excluding diaryl/α,β-unsaturated/α-hetero) is 1. The van der Waals surface area contributed by atoms with Crippen molar-refractivity contribution < 1.29 is 24.3 Å². The highest BCUT2D eigenvalue weighted by Gasteiger charge is 2.36. The van der Waals surface area contributed by atoms with Gasteiger partial charge in [-0.15, -0.1) is 0 Å². The molecule has 25 heavy (non-hydrogen) atoms. The first kappa shape index (κ1) is 19.7. The number of likely N-dealkylation sites (tertiary alicyclic amines) is 1. The van der Waals surface area contributed by atoms with Crippen molar-refractivity contribution in [3.63, 3.8) is 0 Å². The lowest BCUT2D eigenvalue weighted by Gasteiger charge is -2.23. The Morgan fingerprint density at radius 1 is 1.28 bits per heavy atom. The molecule has 0 saturated carbocycles. The summed E-state index contributed by atoms with van der Waals surface area (Å²) in [6.07, 6.45) is 0.836. The molecule has 0 aromatic heterocycles. The number of nitrogens with zero attached hydrogens (tertiary/aromatic N) is 1. The normalized spacial score (nSPS) is 18.0. The smallest absolute Gasteiger partial charge is 0.326 e. The molecule has 0 aliphatic carbocycles. The number of aliphatic carboxylic acids is 1. The van der Waals surface area contributed by atoms with Gasteiger partial charge in [0.1, 0.15) is 6.04 Å². The van der Waals surface area contributed by atoms with Crippen LogP contribution in [0.1, 0.15) is 36.5 Å². The zero-order chi connectivity index (χ0) is 18.6. The number of carbonyl (C=O) groups excluding carboxylic acids is 3. The average molecular weight is 428 g/mol. The molecule has 0 radical (unpaired) electrons. The fourth-order valence-electron chi connectivity index (χ4n) is 2.79. The van der Waals surface area contributed by atoms with Gasteiger partial charge in [0.25, 0.3) is 0 Å². The van der Waals surface area contributed by atoms with Gasteiger partial charge in [-0.1, -0.05) is 39.8 Å². The number of carboxylic acids is 1. The molecule has 8 heteroatoms. The first-order valence-corrected chi connectivity index (χ1v) is 9.46. The molecule has 0 bridgehead atoms. The first-order valence-electron chi connectivity index (χ1n) is 7.79. The Bertz CT molecular complexity index is 691. The maximum absolute atomic E-state index is 12.7. The van der Waals surface area contributed by atoms with E-state index >= 15 is 0 Å². The van der Waals surface area contributed by atoms with E-state index in [2.05, 4.69) is 15.9 Å². The summed E-state index contributed by atoms with van der Waals surface area (Å²) < 4.78 is 0.817. The van der Waals surface area contributed by atoms with Crippen LogP contribution < -0.4 is 0 Å². The van der Waals surface area contributed by atoms with Crippen LogP contribution in [-0.4, -0.2) is 50.6 Å². The van der Waals surface area contributed by atoms with Crippen molar-refractivity contribution in [2.24, 2.45) is 0 Å². The predicted octanol–water partition coefficient (Wildman–Crippen LogP) is 2.75. The van der Waals surface area contributed by atoms with Crippen LogP contribution in [0.4, 0.5) is 0 Å². The third kappa shape index (κ3) is 5.15. The minimum Gasteiger partial charge on any atom is -0.480 e. The molecule has 1 N–H and O–H groups in total. The maximum atomic E-state index is 12.7. The van der Waals surface area contributed by atoms with Crippen LogP contribution >= 0.6 is 27.7 Å². The molecule has 1 aromatic carbocycles. The van der Waals surface area contributed by atoms with E-state index in [1.165, 1.54) is 11.8 Å². The van der Waals surface area contributed by atoms with Crippen molar-refractivity contribution in [3.8, 4) is 0 Å². The summed E-state index contributed by atoms with van der Waals surface area (Å²) in [6.45, 7) is 1.70. The summed E-state index contributed by atoms with van der Waals surface area (Å²) in [6, 6.07) is 5.83. The average Bonchev–Trinajstić information content (AvgIpc) is 3.04. The summed E-state index contributed by atoms with van der Waals surface area (Å²) >= 11 is 4.10. The molecule has 134 valence electrons. The highest BCUT2D eigenvalue weighted by Crippen LogP contribution is 2.25. The van der Waals surface area contributed by atoms with E-state index < -0.39 is 23.2 Å². The number of rotatable bonds is 6. The van der Waals surface area contributed by atoms with E-state index in [9.17, 15) is 24.3 Å². The highest BCUT2D eigenvalue weighted by atomic mass is 79.9. The minimum atomic E-state index is -1.04. The quantitative estimate of drug-likeness (QED) is 0.701. The van der Waals surface area contributed by atoms with Gasteiger partial charge in [0, 0.05) is 29.9 Å². The molecule has 1 aromatic rings. The molecule has 2 rings (SSSR count). The Kier molecular flexibility index (Phi) is 6.78. The van der Waals surface area contributed by atoms with E-state index in [1.54, 1.807) is 24.3 Å². The van der Waals surface area contributed by atoms with Gasteiger partial charge in [0.2, 0.25) is 5.91 Å². The number of hydrogen-bond donors (Lipinski definition) is 1. The summed E-state index contributed by atoms with van der Waals surface area (Å²) in [5, 5.41) is 8.08. The molecule has 1 fully saturated rings. The van der Waals surface area contributed by atoms with E-state index in [0.29, 0.717) is 24.9 Å². The Labute approximate surface area is 158 Å². The Morgan fingerprint density at radius 2 is 1.92 bits per heavy atom. The minimum absolute atomic E-state index is 0.192. The number of amides is 1. The fraction of sp³-hybridized carbons (Fsp3) is 0.412. The summed E-state index contributed by atoms with van der Waals surface area (Å²) in [7, 11) is 0. The van der Waals surface area contributed by atoms with Gasteiger partial charge >= 0.3 is 5.97 Å². The topological polar surface area (TPSA) is 91.8 Å². The number of benzene rings is 1.